The van der Waals surface area contributed by atoms with Crippen molar-refractivity contribution in [3.05, 3.63) is 35.9 Å². The monoisotopic (exact) mass is 430 g/mol. The number of hydrogen-bond donors (Lipinski definition) is 1. The average Bonchev–Trinajstić information content (AvgIpc) is 2.98. The molecule has 0 aromatic heterocycles. The van der Waals surface area contributed by atoms with Crippen molar-refractivity contribution < 1.29 is 23.9 Å². The molecule has 1 aromatic carbocycles. The number of carbonyl (C=O) groups is 4. The molecule has 0 aliphatic carbocycles. The predicted molar refractivity (Wildman–Crippen MR) is 113 cm³/mol. The quantitative estimate of drug-likeness (QED) is 0.736. The summed E-state index contributed by atoms with van der Waals surface area (Å²) in [4.78, 5) is 54.8. The van der Waals surface area contributed by atoms with Gasteiger partial charge in [-0.25, -0.2) is 9.59 Å². The van der Waals surface area contributed by atoms with Gasteiger partial charge in [0.05, 0.1) is 0 Å². The second-order valence-electron chi connectivity index (χ2n) is 8.79. The molecular formula is C22H30N4O5. The second kappa shape index (κ2) is 8.56. The van der Waals surface area contributed by atoms with Gasteiger partial charge in [-0.2, -0.15) is 0 Å². The fraction of sp³-hybridized carbons (Fsp3) is 0.545. The summed E-state index contributed by atoms with van der Waals surface area (Å²) >= 11 is 0. The van der Waals surface area contributed by atoms with Crippen LogP contribution < -0.4 is 5.32 Å². The van der Waals surface area contributed by atoms with Crippen LogP contribution in [0.2, 0.25) is 0 Å². The smallest absolute Gasteiger partial charge is 0.410 e. The van der Waals surface area contributed by atoms with E-state index in [-0.39, 0.29) is 12.5 Å². The first-order chi connectivity index (χ1) is 14.6. The summed E-state index contributed by atoms with van der Waals surface area (Å²) < 4.78 is 5.36. The number of imide groups is 1. The predicted octanol–water partition coefficient (Wildman–Crippen LogP) is 1.92. The minimum Gasteiger partial charge on any atom is -0.444 e. The van der Waals surface area contributed by atoms with Gasteiger partial charge in [0, 0.05) is 26.2 Å². The molecule has 0 saturated carbocycles. The number of rotatable bonds is 4. The molecule has 2 aliphatic rings. The molecule has 5 amide bonds. The zero-order valence-corrected chi connectivity index (χ0v) is 18.5. The molecule has 168 valence electrons. The van der Waals surface area contributed by atoms with E-state index < -0.39 is 29.2 Å². The van der Waals surface area contributed by atoms with E-state index in [2.05, 4.69) is 5.32 Å². The minimum absolute atomic E-state index is 0.319. The van der Waals surface area contributed by atoms with Crippen molar-refractivity contribution in [1.29, 1.82) is 0 Å². The van der Waals surface area contributed by atoms with Crippen LogP contribution in [0.5, 0.6) is 0 Å². The molecule has 1 N–H and O–H groups in total. The van der Waals surface area contributed by atoms with Gasteiger partial charge in [-0.3, -0.25) is 14.5 Å². The molecule has 0 bridgehead atoms. The number of piperazine rings is 1. The molecule has 2 saturated heterocycles. The highest BCUT2D eigenvalue weighted by Crippen LogP contribution is 2.32. The Morgan fingerprint density at radius 1 is 1.03 bits per heavy atom. The van der Waals surface area contributed by atoms with E-state index in [1.54, 1.807) is 42.7 Å². The molecule has 1 atom stereocenters. The normalized spacial score (nSPS) is 21.9. The lowest BCUT2D eigenvalue weighted by Gasteiger charge is -2.36. The van der Waals surface area contributed by atoms with Crippen molar-refractivity contribution in [3.63, 3.8) is 0 Å². The molecule has 9 heteroatoms. The zero-order valence-electron chi connectivity index (χ0n) is 18.5. The number of urea groups is 1. The van der Waals surface area contributed by atoms with Crippen LogP contribution in [-0.2, 0) is 19.9 Å². The Balaban J connectivity index is 1.62. The Kier molecular flexibility index (Phi) is 6.24. The number of nitrogens with one attached hydrogen (secondary N) is 1. The summed E-state index contributed by atoms with van der Waals surface area (Å²) in [6, 6.07) is 8.48. The largest absolute Gasteiger partial charge is 0.444 e. The summed E-state index contributed by atoms with van der Waals surface area (Å²) in [6.07, 6.45) is -0.0369. The van der Waals surface area contributed by atoms with Crippen molar-refractivity contribution in [2.24, 2.45) is 0 Å². The van der Waals surface area contributed by atoms with Crippen LogP contribution in [0.25, 0.3) is 0 Å². The molecular weight excluding hydrogens is 400 g/mol. The molecule has 9 nitrogen and oxygen atoms in total. The maximum absolute atomic E-state index is 13.2. The van der Waals surface area contributed by atoms with E-state index in [1.165, 1.54) is 0 Å². The zero-order chi connectivity index (χ0) is 22.8. The molecule has 0 unspecified atom stereocenters. The van der Waals surface area contributed by atoms with Crippen molar-refractivity contribution >= 4 is 23.9 Å². The number of ether oxygens (including phenoxy) is 1. The average molecular weight is 431 g/mol. The van der Waals surface area contributed by atoms with Gasteiger partial charge in [0.1, 0.15) is 17.7 Å². The van der Waals surface area contributed by atoms with Gasteiger partial charge in [-0.1, -0.05) is 37.3 Å². The second-order valence-corrected chi connectivity index (χ2v) is 8.79. The fourth-order valence-electron chi connectivity index (χ4n) is 3.83. The van der Waals surface area contributed by atoms with Crippen molar-refractivity contribution in [1.82, 2.24) is 20.0 Å². The molecule has 0 spiro atoms. The first-order valence-electron chi connectivity index (χ1n) is 10.5. The van der Waals surface area contributed by atoms with Crippen molar-refractivity contribution in [2.75, 3.05) is 32.7 Å². The molecule has 2 heterocycles. The van der Waals surface area contributed by atoms with Gasteiger partial charge in [-0.15, -0.1) is 0 Å². The van der Waals surface area contributed by atoms with Crippen LogP contribution in [-0.4, -0.2) is 77.0 Å². The first-order valence-corrected chi connectivity index (χ1v) is 10.5. The topological polar surface area (TPSA) is 99.3 Å². The van der Waals surface area contributed by atoms with Gasteiger partial charge < -0.3 is 19.9 Å². The van der Waals surface area contributed by atoms with Crippen LogP contribution in [0.1, 0.15) is 39.7 Å². The Morgan fingerprint density at radius 3 is 2.16 bits per heavy atom. The lowest BCUT2D eigenvalue weighted by molar-refractivity contribution is -0.140. The molecule has 2 aliphatic heterocycles. The molecule has 1 aromatic rings. The number of benzene rings is 1. The fourth-order valence-corrected chi connectivity index (χ4v) is 3.83. The Hall–Kier alpha value is -3.10. The van der Waals surface area contributed by atoms with Crippen LogP contribution in [0, 0.1) is 0 Å². The van der Waals surface area contributed by atoms with Gasteiger partial charge in [0.25, 0.3) is 5.91 Å². The summed E-state index contributed by atoms with van der Waals surface area (Å²) in [6.45, 7) is 8.21. The third kappa shape index (κ3) is 4.65. The molecule has 3 rings (SSSR count). The lowest BCUT2D eigenvalue weighted by Crippen LogP contribution is -2.54. The number of carbonyl (C=O) groups excluding carboxylic acids is 4. The molecule has 0 radical (unpaired) electrons. The van der Waals surface area contributed by atoms with Crippen molar-refractivity contribution in [3.8, 4) is 0 Å². The van der Waals surface area contributed by atoms with E-state index >= 15 is 0 Å². The van der Waals surface area contributed by atoms with Crippen molar-refractivity contribution in [2.45, 2.75) is 45.3 Å². The van der Waals surface area contributed by atoms with Crippen LogP contribution in [0.3, 0.4) is 0 Å². The highest BCUT2D eigenvalue weighted by Gasteiger charge is 2.51. The lowest BCUT2D eigenvalue weighted by atomic mass is 9.87. The van der Waals surface area contributed by atoms with Gasteiger partial charge in [0.2, 0.25) is 5.91 Å². The summed E-state index contributed by atoms with van der Waals surface area (Å²) in [5, 5.41) is 2.78. The highest BCUT2D eigenvalue weighted by molar-refractivity contribution is 6.09. The third-order valence-electron chi connectivity index (χ3n) is 5.55. The van der Waals surface area contributed by atoms with Gasteiger partial charge in [-0.05, 0) is 32.8 Å². The van der Waals surface area contributed by atoms with Crippen LogP contribution >= 0.6 is 0 Å². The molecule has 31 heavy (non-hydrogen) atoms. The Labute approximate surface area is 182 Å². The van der Waals surface area contributed by atoms with Gasteiger partial charge >= 0.3 is 12.1 Å². The number of nitrogens with zero attached hydrogens (tertiary/aromatic N) is 3. The van der Waals surface area contributed by atoms with Crippen LogP contribution in [0.15, 0.2) is 30.3 Å². The van der Waals surface area contributed by atoms with Crippen LogP contribution in [0.4, 0.5) is 9.59 Å². The first kappa shape index (κ1) is 22.6. The van der Waals surface area contributed by atoms with E-state index in [0.717, 1.165) is 4.90 Å². The van der Waals surface area contributed by atoms with E-state index in [1.807, 2.05) is 25.1 Å². The maximum atomic E-state index is 13.2. The number of amides is 5. The van der Waals surface area contributed by atoms with Gasteiger partial charge in [0.15, 0.2) is 0 Å². The summed E-state index contributed by atoms with van der Waals surface area (Å²) in [7, 11) is 0. The molecule has 2 fully saturated rings. The minimum atomic E-state index is -1.16. The standard InChI is InChI=1S/C22H30N4O5/c1-5-22(16-9-7-6-8-10-16)18(28)26(19(29)23-22)15-17(27)24-11-13-25(14-12-24)20(30)31-21(2,3)4/h6-10H,5,11-15H2,1-4H3,(H,23,29)/t22-/m1/s1. The van der Waals surface area contributed by atoms with E-state index in [0.29, 0.717) is 38.2 Å². The summed E-state index contributed by atoms with van der Waals surface area (Å²) in [5.74, 6) is -0.751. The highest BCUT2D eigenvalue weighted by atomic mass is 16.6. The third-order valence-corrected chi connectivity index (χ3v) is 5.55. The SMILES string of the molecule is CC[C@]1(c2ccccc2)NC(=O)N(CC(=O)N2CCN(C(=O)OC(C)(C)C)CC2)C1=O. The van der Waals surface area contributed by atoms with E-state index in [4.69, 9.17) is 4.74 Å². The Bertz CT molecular complexity index is 858. The Morgan fingerprint density at radius 2 is 1.61 bits per heavy atom. The van der Waals surface area contributed by atoms with E-state index in [9.17, 15) is 19.2 Å². The number of hydrogen-bond acceptors (Lipinski definition) is 5. The maximum Gasteiger partial charge on any atom is 0.410 e. The summed E-state index contributed by atoms with van der Waals surface area (Å²) in [5.41, 5.74) is -1.05.